The molecule has 1 aliphatic heterocycles. The van der Waals surface area contributed by atoms with Crippen LogP contribution in [0.4, 0.5) is 0 Å². The Kier molecular flexibility index (Phi) is 2.37. The topological polar surface area (TPSA) is 9.23 Å². The van der Waals surface area contributed by atoms with Crippen LogP contribution in [0, 0.1) is 6.61 Å². The molecule has 79 valence electrons. The molecular formula is C15H13O. The second kappa shape index (κ2) is 4.01. The lowest BCUT2D eigenvalue weighted by Crippen LogP contribution is -2.04. The second-order valence-electron chi connectivity index (χ2n) is 3.98. The zero-order valence-electron chi connectivity index (χ0n) is 9.02. The van der Waals surface area contributed by atoms with Crippen molar-refractivity contribution in [1.29, 1.82) is 0 Å². The van der Waals surface area contributed by atoms with Crippen LogP contribution >= 0.6 is 0 Å². The fourth-order valence-electron chi connectivity index (χ4n) is 2.12. The Morgan fingerprint density at radius 1 is 0.875 bits per heavy atom. The van der Waals surface area contributed by atoms with Crippen LogP contribution in [-0.4, -0.2) is 0 Å². The van der Waals surface area contributed by atoms with E-state index in [2.05, 4.69) is 42.5 Å². The molecule has 0 spiro atoms. The van der Waals surface area contributed by atoms with Gasteiger partial charge in [-0.3, -0.25) is 0 Å². The molecule has 1 aliphatic rings. The van der Waals surface area contributed by atoms with Gasteiger partial charge in [0.05, 0.1) is 0 Å². The highest BCUT2D eigenvalue weighted by Gasteiger charge is 2.15. The molecule has 0 bridgehead atoms. The summed E-state index contributed by atoms with van der Waals surface area (Å²) in [5.74, 6) is 1.03. The standard InChI is InChI=1S/C15H13O/c1-2-6-12(7-3-1)14-10-4-8-13-9-5-11-16-15(13)14/h1-4,6-8,10-11H,5,9H2. The van der Waals surface area contributed by atoms with Gasteiger partial charge in [0.1, 0.15) is 12.4 Å². The lowest BCUT2D eigenvalue weighted by atomic mass is 9.98. The molecule has 0 saturated heterocycles. The molecule has 0 aromatic heterocycles. The highest BCUT2D eigenvalue weighted by molar-refractivity contribution is 5.72. The van der Waals surface area contributed by atoms with Crippen LogP contribution in [-0.2, 0) is 6.42 Å². The summed E-state index contributed by atoms with van der Waals surface area (Å²) in [7, 11) is 0. The molecule has 1 heteroatoms. The van der Waals surface area contributed by atoms with Gasteiger partial charge < -0.3 is 4.74 Å². The fourth-order valence-corrected chi connectivity index (χ4v) is 2.12. The van der Waals surface area contributed by atoms with E-state index in [0.717, 1.165) is 18.6 Å². The van der Waals surface area contributed by atoms with Crippen molar-refractivity contribution in [3.05, 3.63) is 60.7 Å². The first kappa shape index (κ1) is 9.46. The molecule has 0 unspecified atom stereocenters. The van der Waals surface area contributed by atoms with Crippen molar-refractivity contribution in [2.24, 2.45) is 0 Å². The van der Waals surface area contributed by atoms with Crippen LogP contribution in [0.25, 0.3) is 11.1 Å². The Morgan fingerprint density at radius 3 is 2.62 bits per heavy atom. The third-order valence-electron chi connectivity index (χ3n) is 2.91. The molecular weight excluding hydrogens is 196 g/mol. The number of fused-ring (bicyclic) bond motifs is 1. The number of benzene rings is 2. The number of ether oxygens (including phenoxy) is 1. The first-order valence-electron chi connectivity index (χ1n) is 5.61. The van der Waals surface area contributed by atoms with Crippen LogP contribution in [0.2, 0.25) is 0 Å². The maximum absolute atomic E-state index is 5.68. The largest absolute Gasteiger partial charge is 0.486 e. The molecule has 0 saturated carbocycles. The predicted octanol–water partition coefficient (Wildman–Crippen LogP) is 3.84. The minimum absolute atomic E-state index is 1.01. The van der Waals surface area contributed by atoms with Crippen LogP contribution in [0.5, 0.6) is 5.75 Å². The quantitative estimate of drug-likeness (QED) is 0.693. The highest BCUT2D eigenvalue weighted by atomic mass is 16.5. The van der Waals surface area contributed by atoms with Crippen molar-refractivity contribution >= 4 is 0 Å². The van der Waals surface area contributed by atoms with Gasteiger partial charge in [0, 0.05) is 5.56 Å². The van der Waals surface area contributed by atoms with Crippen LogP contribution < -0.4 is 4.74 Å². The summed E-state index contributed by atoms with van der Waals surface area (Å²) >= 11 is 0. The van der Waals surface area contributed by atoms with Crippen molar-refractivity contribution in [2.75, 3.05) is 0 Å². The minimum Gasteiger partial charge on any atom is -0.486 e. The van der Waals surface area contributed by atoms with E-state index in [1.54, 1.807) is 0 Å². The Morgan fingerprint density at radius 2 is 1.75 bits per heavy atom. The lowest BCUT2D eigenvalue weighted by Gasteiger charge is -2.19. The van der Waals surface area contributed by atoms with E-state index in [9.17, 15) is 0 Å². The summed E-state index contributed by atoms with van der Waals surface area (Å²) in [6, 6.07) is 16.8. The van der Waals surface area contributed by atoms with Crippen LogP contribution in [0.3, 0.4) is 0 Å². The number of hydrogen-bond donors (Lipinski definition) is 0. The zero-order valence-corrected chi connectivity index (χ0v) is 9.02. The molecule has 2 aromatic rings. The van der Waals surface area contributed by atoms with Gasteiger partial charge in [0.15, 0.2) is 0 Å². The zero-order chi connectivity index (χ0) is 10.8. The van der Waals surface area contributed by atoms with E-state index < -0.39 is 0 Å². The average Bonchev–Trinajstić information content (AvgIpc) is 2.39. The Hall–Kier alpha value is -1.76. The van der Waals surface area contributed by atoms with Gasteiger partial charge in [-0.15, -0.1) is 0 Å². The molecule has 1 nitrogen and oxygen atoms in total. The second-order valence-corrected chi connectivity index (χ2v) is 3.98. The molecule has 0 N–H and O–H groups in total. The molecule has 1 heterocycles. The Labute approximate surface area is 95.7 Å². The molecule has 0 aliphatic carbocycles. The molecule has 2 aromatic carbocycles. The number of hydrogen-bond acceptors (Lipinski definition) is 1. The minimum atomic E-state index is 1.01. The number of para-hydroxylation sites is 1. The predicted molar refractivity (Wildman–Crippen MR) is 65.1 cm³/mol. The van der Waals surface area contributed by atoms with Gasteiger partial charge in [0.25, 0.3) is 0 Å². The molecule has 1 radical (unpaired) electrons. The van der Waals surface area contributed by atoms with Gasteiger partial charge in [-0.25, -0.2) is 0 Å². The van der Waals surface area contributed by atoms with Gasteiger partial charge in [-0.05, 0) is 24.0 Å². The Bertz CT molecular complexity index is 488. The SMILES string of the molecule is [CH]1CCc2cccc(-c3ccccc3)c2O1. The number of aryl methyl sites for hydroxylation is 1. The van der Waals surface area contributed by atoms with Crippen molar-refractivity contribution in [1.82, 2.24) is 0 Å². The van der Waals surface area contributed by atoms with E-state index in [1.807, 2.05) is 12.7 Å². The van der Waals surface area contributed by atoms with Gasteiger partial charge in [-0.2, -0.15) is 0 Å². The molecule has 16 heavy (non-hydrogen) atoms. The van der Waals surface area contributed by atoms with E-state index in [1.165, 1.54) is 16.7 Å². The summed E-state index contributed by atoms with van der Waals surface area (Å²) in [4.78, 5) is 0. The van der Waals surface area contributed by atoms with Gasteiger partial charge >= 0.3 is 0 Å². The highest BCUT2D eigenvalue weighted by Crippen LogP contribution is 2.36. The number of rotatable bonds is 1. The van der Waals surface area contributed by atoms with Crippen molar-refractivity contribution in [3.8, 4) is 16.9 Å². The maximum Gasteiger partial charge on any atom is 0.136 e. The van der Waals surface area contributed by atoms with E-state index in [0.29, 0.717) is 0 Å². The van der Waals surface area contributed by atoms with Crippen LogP contribution in [0.1, 0.15) is 12.0 Å². The third kappa shape index (κ3) is 1.58. The summed E-state index contributed by atoms with van der Waals surface area (Å²) in [6.45, 7) is 1.90. The van der Waals surface area contributed by atoms with Crippen molar-refractivity contribution in [2.45, 2.75) is 12.8 Å². The smallest absolute Gasteiger partial charge is 0.136 e. The lowest BCUT2D eigenvalue weighted by molar-refractivity contribution is 0.368. The first-order valence-corrected chi connectivity index (χ1v) is 5.61. The first-order chi connectivity index (χ1) is 7.95. The van der Waals surface area contributed by atoms with E-state index in [4.69, 9.17) is 4.74 Å². The van der Waals surface area contributed by atoms with Gasteiger partial charge in [-0.1, -0.05) is 48.5 Å². The third-order valence-corrected chi connectivity index (χ3v) is 2.91. The summed E-state index contributed by atoms with van der Waals surface area (Å²) in [5.41, 5.74) is 3.72. The van der Waals surface area contributed by atoms with Crippen molar-refractivity contribution in [3.63, 3.8) is 0 Å². The van der Waals surface area contributed by atoms with Crippen LogP contribution in [0.15, 0.2) is 48.5 Å². The molecule has 0 fully saturated rings. The summed E-state index contributed by atoms with van der Waals surface area (Å²) in [6.07, 6.45) is 2.08. The molecule has 0 atom stereocenters. The van der Waals surface area contributed by atoms with E-state index >= 15 is 0 Å². The fraction of sp³-hybridized carbons (Fsp3) is 0.133. The molecule has 0 amide bonds. The van der Waals surface area contributed by atoms with Crippen molar-refractivity contribution < 1.29 is 4.74 Å². The molecule has 3 rings (SSSR count). The van der Waals surface area contributed by atoms with Gasteiger partial charge in [0.2, 0.25) is 0 Å². The van der Waals surface area contributed by atoms with E-state index in [-0.39, 0.29) is 0 Å². The summed E-state index contributed by atoms with van der Waals surface area (Å²) in [5, 5.41) is 0. The Balaban J connectivity index is 2.14. The monoisotopic (exact) mass is 209 g/mol. The average molecular weight is 209 g/mol. The summed E-state index contributed by atoms with van der Waals surface area (Å²) < 4.78 is 5.68. The maximum atomic E-state index is 5.68. The normalized spacial score (nSPS) is 14.0.